The molecule has 0 fully saturated rings. The van der Waals surface area contributed by atoms with Crippen molar-refractivity contribution >= 4 is 5.82 Å². The Labute approximate surface area is 93.9 Å². The number of nitro groups is 1. The topological polar surface area (TPSA) is 104 Å². The van der Waals surface area contributed by atoms with Gasteiger partial charge in [0.05, 0.1) is 18.1 Å². The van der Waals surface area contributed by atoms with Crippen LogP contribution < -0.4 is 0 Å². The molecule has 0 atom stereocenters. The summed E-state index contributed by atoms with van der Waals surface area (Å²) in [6.45, 7) is 0. The maximum absolute atomic E-state index is 12.6. The van der Waals surface area contributed by atoms with Crippen LogP contribution >= 0.6 is 0 Å². The molecule has 86 valence electrons. The molecular weight excluding hydrogens is 234 g/mol. The van der Waals surface area contributed by atoms with Gasteiger partial charge in [0.1, 0.15) is 12.3 Å². The van der Waals surface area contributed by atoms with E-state index in [2.05, 4.69) is 4.98 Å². The van der Waals surface area contributed by atoms with E-state index in [1.807, 2.05) is 0 Å². The number of hydrogen-bond acceptors (Lipinski definition) is 5. The summed E-state index contributed by atoms with van der Waals surface area (Å²) in [4.78, 5) is 12.8. The normalized spacial score (nSPS) is 9.71. The number of aromatic nitrogens is 1. The van der Waals surface area contributed by atoms with Crippen LogP contribution in [0.3, 0.4) is 0 Å². The average molecular weight is 238 g/mol. The van der Waals surface area contributed by atoms with Gasteiger partial charge in [-0.3, -0.25) is 0 Å². The van der Waals surface area contributed by atoms with E-state index in [-0.39, 0.29) is 5.56 Å². The van der Waals surface area contributed by atoms with Crippen LogP contribution in [0.4, 0.5) is 14.6 Å². The van der Waals surface area contributed by atoms with Crippen molar-refractivity contribution in [3.05, 3.63) is 33.0 Å². The van der Waals surface area contributed by atoms with E-state index in [9.17, 15) is 18.9 Å². The van der Waals surface area contributed by atoms with E-state index in [0.717, 1.165) is 0 Å². The summed E-state index contributed by atoms with van der Waals surface area (Å²) in [5.41, 5.74) is -1.56. The number of alkyl halides is 2. The predicted molar refractivity (Wildman–Crippen MR) is 49.9 cm³/mol. The van der Waals surface area contributed by atoms with Crippen molar-refractivity contribution in [1.82, 2.24) is 4.98 Å². The lowest BCUT2D eigenvalue weighted by atomic mass is 10.0. The molecule has 0 N–H and O–H groups in total. The van der Waals surface area contributed by atoms with E-state index in [4.69, 9.17) is 10.5 Å². The Morgan fingerprint density at radius 1 is 1.53 bits per heavy atom. The van der Waals surface area contributed by atoms with Crippen LogP contribution in [0.5, 0.6) is 0 Å². The summed E-state index contributed by atoms with van der Waals surface area (Å²) in [6, 6.07) is 3.02. The molecule has 1 heterocycles. The summed E-state index contributed by atoms with van der Waals surface area (Å²) < 4.78 is 25.1. The third-order valence-electron chi connectivity index (χ3n) is 1.98. The van der Waals surface area contributed by atoms with Gasteiger partial charge in [-0.1, -0.05) is 0 Å². The first kappa shape index (κ1) is 12.5. The number of hydrogen-bond donors (Lipinski definition) is 0. The van der Waals surface area contributed by atoms with Crippen LogP contribution in [0.1, 0.15) is 23.1 Å². The molecule has 0 unspecified atom stereocenters. The van der Waals surface area contributed by atoms with Gasteiger partial charge in [0.25, 0.3) is 6.43 Å². The SMILES string of the molecule is N#CCc1c(C(F)F)cnc([N+](=O)[O-])c1C#N. The molecule has 0 bridgehead atoms. The van der Waals surface area contributed by atoms with Gasteiger partial charge in [-0.05, 0) is 9.91 Å². The van der Waals surface area contributed by atoms with Crippen molar-refractivity contribution < 1.29 is 13.7 Å². The first-order chi connectivity index (χ1) is 8.02. The van der Waals surface area contributed by atoms with Crippen LogP contribution in [-0.4, -0.2) is 9.91 Å². The summed E-state index contributed by atoms with van der Waals surface area (Å²) in [5.74, 6) is -0.817. The smallest absolute Gasteiger partial charge is 0.358 e. The fourth-order valence-corrected chi connectivity index (χ4v) is 1.27. The molecule has 8 heteroatoms. The van der Waals surface area contributed by atoms with Crippen molar-refractivity contribution in [3.63, 3.8) is 0 Å². The van der Waals surface area contributed by atoms with Crippen molar-refractivity contribution in [3.8, 4) is 12.1 Å². The highest BCUT2D eigenvalue weighted by molar-refractivity contribution is 5.52. The van der Waals surface area contributed by atoms with E-state index in [0.29, 0.717) is 6.20 Å². The summed E-state index contributed by atoms with van der Waals surface area (Å²) >= 11 is 0. The maximum Gasteiger partial charge on any atom is 0.381 e. The van der Waals surface area contributed by atoms with Gasteiger partial charge in [0.2, 0.25) is 0 Å². The molecule has 0 saturated carbocycles. The molecule has 1 rings (SSSR count). The summed E-state index contributed by atoms with van der Waals surface area (Å²) in [6.07, 6.45) is -2.83. The van der Waals surface area contributed by atoms with Crippen molar-refractivity contribution in [2.24, 2.45) is 0 Å². The van der Waals surface area contributed by atoms with E-state index in [1.54, 1.807) is 6.07 Å². The zero-order valence-electron chi connectivity index (χ0n) is 8.22. The Balaban J connectivity index is 3.58. The fourth-order valence-electron chi connectivity index (χ4n) is 1.27. The standard InChI is InChI=1S/C9H4F2N4O2/c10-8(11)7-4-14-9(15(16)17)6(3-13)5(7)1-2-12/h4,8H,1H2. The molecule has 0 spiro atoms. The minimum Gasteiger partial charge on any atom is -0.358 e. The van der Waals surface area contributed by atoms with Crippen molar-refractivity contribution in [1.29, 1.82) is 10.5 Å². The number of nitrogens with zero attached hydrogens (tertiary/aromatic N) is 4. The zero-order valence-corrected chi connectivity index (χ0v) is 8.22. The van der Waals surface area contributed by atoms with E-state index < -0.39 is 34.7 Å². The third kappa shape index (κ3) is 2.32. The van der Waals surface area contributed by atoms with Gasteiger partial charge >= 0.3 is 5.82 Å². The lowest BCUT2D eigenvalue weighted by Gasteiger charge is -2.05. The van der Waals surface area contributed by atoms with Gasteiger partial charge in [-0.2, -0.15) is 10.5 Å². The molecule has 0 aliphatic heterocycles. The van der Waals surface area contributed by atoms with Crippen LogP contribution in [0.15, 0.2) is 6.20 Å². The lowest BCUT2D eigenvalue weighted by Crippen LogP contribution is -2.05. The number of pyridine rings is 1. The largest absolute Gasteiger partial charge is 0.381 e. The third-order valence-corrected chi connectivity index (χ3v) is 1.98. The summed E-state index contributed by atoms with van der Waals surface area (Å²) in [7, 11) is 0. The minimum atomic E-state index is -2.95. The Morgan fingerprint density at radius 3 is 2.59 bits per heavy atom. The van der Waals surface area contributed by atoms with Gasteiger partial charge in [0, 0.05) is 5.56 Å². The first-order valence-electron chi connectivity index (χ1n) is 4.24. The van der Waals surface area contributed by atoms with Gasteiger partial charge < -0.3 is 10.1 Å². The molecule has 0 radical (unpaired) electrons. The van der Waals surface area contributed by atoms with Crippen molar-refractivity contribution in [2.75, 3.05) is 0 Å². The monoisotopic (exact) mass is 238 g/mol. The molecular formula is C9H4F2N4O2. The van der Waals surface area contributed by atoms with Crippen molar-refractivity contribution in [2.45, 2.75) is 12.8 Å². The molecule has 1 aromatic heterocycles. The number of rotatable bonds is 3. The maximum atomic E-state index is 12.6. The van der Waals surface area contributed by atoms with Crippen LogP contribution in [0, 0.1) is 32.8 Å². The fraction of sp³-hybridized carbons (Fsp3) is 0.222. The molecule has 17 heavy (non-hydrogen) atoms. The molecule has 6 nitrogen and oxygen atoms in total. The molecule has 0 aliphatic carbocycles. The molecule has 0 amide bonds. The van der Waals surface area contributed by atoms with Crippen LogP contribution in [0.25, 0.3) is 0 Å². The van der Waals surface area contributed by atoms with E-state index in [1.165, 1.54) is 6.07 Å². The van der Waals surface area contributed by atoms with Gasteiger partial charge in [-0.25, -0.2) is 8.78 Å². The Bertz CT molecular complexity index is 545. The molecule has 0 aliphatic rings. The first-order valence-corrected chi connectivity index (χ1v) is 4.24. The Morgan fingerprint density at radius 2 is 2.18 bits per heavy atom. The second kappa shape index (κ2) is 4.94. The van der Waals surface area contributed by atoms with Crippen LogP contribution in [-0.2, 0) is 6.42 Å². The zero-order chi connectivity index (χ0) is 13.0. The minimum absolute atomic E-state index is 0.341. The lowest BCUT2D eigenvalue weighted by molar-refractivity contribution is -0.389. The highest BCUT2D eigenvalue weighted by atomic mass is 19.3. The average Bonchev–Trinajstić information content (AvgIpc) is 2.28. The van der Waals surface area contributed by atoms with Crippen LogP contribution in [0.2, 0.25) is 0 Å². The molecule has 0 saturated heterocycles. The second-order valence-electron chi connectivity index (χ2n) is 2.90. The number of halogens is 2. The van der Waals surface area contributed by atoms with Gasteiger partial charge in [-0.15, -0.1) is 0 Å². The quantitative estimate of drug-likeness (QED) is 0.590. The highest BCUT2D eigenvalue weighted by Gasteiger charge is 2.26. The Kier molecular flexibility index (Phi) is 3.62. The molecule has 1 aromatic rings. The predicted octanol–water partition coefficient (Wildman–Crippen LogP) is 1.87. The molecule has 0 aromatic carbocycles. The van der Waals surface area contributed by atoms with Gasteiger partial charge in [0.15, 0.2) is 5.56 Å². The van der Waals surface area contributed by atoms with E-state index >= 15 is 0 Å². The highest BCUT2D eigenvalue weighted by Crippen LogP contribution is 2.29. The summed E-state index contributed by atoms with van der Waals surface area (Å²) in [5, 5.41) is 27.8. The second-order valence-corrected chi connectivity index (χ2v) is 2.90. The Hall–Kier alpha value is -2.61. The number of nitriles is 2.